The number of nitrogens with zero attached hydrogens (tertiary/aromatic N) is 1. The van der Waals surface area contributed by atoms with Crippen LogP contribution in [0.4, 0.5) is 4.39 Å². The molecule has 1 aromatic heterocycles. The summed E-state index contributed by atoms with van der Waals surface area (Å²) in [5, 5.41) is 11.5. The third kappa shape index (κ3) is 4.21. The van der Waals surface area contributed by atoms with Crippen molar-refractivity contribution in [3.63, 3.8) is 0 Å². The minimum Gasteiger partial charge on any atom is -0.395 e. The summed E-state index contributed by atoms with van der Waals surface area (Å²) >= 11 is 0. The van der Waals surface area contributed by atoms with Crippen LogP contribution in [0.2, 0.25) is 0 Å². The van der Waals surface area contributed by atoms with Gasteiger partial charge in [0.05, 0.1) is 13.2 Å². The molecule has 2 aromatic rings. The number of aromatic amines is 1. The average Bonchev–Trinajstić information content (AvgIpc) is 2.55. The highest BCUT2D eigenvalue weighted by molar-refractivity contribution is 5.93. The van der Waals surface area contributed by atoms with E-state index in [4.69, 9.17) is 5.11 Å². The lowest BCUT2D eigenvalue weighted by atomic mass is 9.84. The molecule has 0 atom stereocenters. The minimum atomic E-state index is -0.819. The maximum Gasteiger partial charge on any atom is 0.328 e. The van der Waals surface area contributed by atoms with Gasteiger partial charge in [-0.1, -0.05) is 32.0 Å². The van der Waals surface area contributed by atoms with Gasteiger partial charge in [0, 0.05) is 18.2 Å². The third-order valence-corrected chi connectivity index (χ3v) is 3.89. The standard InChI is InChI=1S/C17H20FN3O4/c1-17(2,12-5-3-4-6-13(12)18)10-19-14(23)11-9-21(7-8-22)16(25)20-15(11)24/h3-6,9,22H,7-8,10H2,1-2H3,(H,19,23)(H,20,24,25). The molecule has 1 aromatic carbocycles. The van der Waals surface area contributed by atoms with Gasteiger partial charge in [-0.25, -0.2) is 9.18 Å². The van der Waals surface area contributed by atoms with Crippen molar-refractivity contribution < 1.29 is 14.3 Å². The van der Waals surface area contributed by atoms with E-state index in [0.29, 0.717) is 5.56 Å². The van der Waals surface area contributed by atoms with Crippen LogP contribution in [0.5, 0.6) is 0 Å². The van der Waals surface area contributed by atoms with E-state index < -0.39 is 22.6 Å². The van der Waals surface area contributed by atoms with Crippen LogP contribution >= 0.6 is 0 Å². The fourth-order valence-corrected chi connectivity index (χ4v) is 2.45. The number of aliphatic hydroxyl groups is 1. The molecule has 0 unspecified atom stereocenters. The maximum atomic E-state index is 13.9. The van der Waals surface area contributed by atoms with Crippen molar-refractivity contribution in [2.45, 2.75) is 25.8 Å². The van der Waals surface area contributed by atoms with Gasteiger partial charge in [0.25, 0.3) is 11.5 Å². The molecule has 0 bridgehead atoms. The van der Waals surface area contributed by atoms with Gasteiger partial charge in [0.2, 0.25) is 0 Å². The Morgan fingerprint density at radius 3 is 2.64 bits per heavy atom. The molecule has 1 amide bonds. The second kappa shape index (κ2) is 7.43. The molecule has 0 fully saturated rings. The van der Waals surface area contributed by atoms with Gasteiger partial charge < -0.3 is 10.4 Å². The molecule has 25 heavy (non-hydrogen) atoms. The number of amides is 1. The van der Waals surface area contributed by atoms with Crippen LogP contribution in [-0.4, -0.2) is 33.7 Å². The Morgan fingerprint density at radius 2 is 2.00 bits per heavy atom. The number of H-pyrrole nitrogens is 1. The molecule has 0 aliphatic heterocycles. The van der Waals surface area contributed by atoms with Crippen molar-refractivity contribution in [2.24, 2.45) is 0 Å². The number of aliphatic hydroxyl groups excluding tert-OH is 1. The predicted molar refractivity (Wildman–Crippen MR) is 90.2 cm³/mol. The highest BCUT2D eigenvalue weighted by Crippen LogP contribution is 2.24. The first kappa shape index (κ1) is 18.6. The van der Waals surface area contributed by atoms with E-state index in [0.717, 1.165) is 10.8 Å². The summed E-state index contributed by atoms with van der Waals surface area (Å²) in [5.41, 5.74) is -2.04. The van der Waals surface area contributed by atoms with Crippen molar-refractivity contribution in [2.75, 3.05) is 13.2 Å². The highest BCUT2D eigenvalue weighted by Gasteiger charge is 2.25. The SMILES string of the molecule is CC(C)(CNC(=O)c1cn(CCO)c(=O)[nH]c1=O)c1ccccc1F. The molecule has 0 spiro atoms. The van der Waals surface area contributed by atoms with Crippen LogP contribution in [0.25, 0.3) is 0 Å². The number of nitrogens with one attached hydrogen (secondary N) is 2. The zero-order chi connectivity index (χ0) is 18.6. The summed E-state index contributed by atoms with van der Waals surface area (Å²) in [6, 6.07) is 6.26. The average molecular weight is 349 g/mol. The topological polar surface area (TPSA) is 104 Å². The van der Waals surface area contributed by atoms with Crippen LogP contribution in [0.3, 0.4) is 0 Å². The second-order valence-corrected chi connectivity index (χ2v) is 6.27. The van der Waals surface area contributed by atoms with E-state index in [1.165, 1.54) is 6.07 Å². The number of hydrogen-bond donors (Lipinski definition) is 3. The summed E-state index contributed by atoms with van der Waals surface area (Å²) in [6.07, 6.45) is 1.10. The van der Waals surface area contributed by atoms with Gasteiger partial charge in [-0.15, -0.1) is 0 Å². The first-order valence-electron chi connectivity index (χ1n) is 7.74. The summed E-state index contributed by atoms with van der Waals surface area (Å²) in [6.45, 7) is 3.26. The fraction of sp³-hybridized carbons (Fsp3) is 0.353. The number of carbonyl (C=O) groups excluding carboxylic acids is 1. The first-order valence-corrected chi connectivity index (χ1v) is 7.74. The van der Waals surface area contributed by atoms with Gasteiger partial charge in [-0.2, -0.15) is 0 Å². The Hall–Kier alpha value is -2.74. The third-order valence-electron chi connectivity index (χ3n) is 3.89. The number of halogens is 1. The Labute approximate surface area is 143 Å². The number of benzene rings is 1. The summed E-state index contributed by atoms with van der Waals surface area (Å²) in [4.78, 5) is 37.7. The lowest BCUT2D eigenvalue weighted by Gasteiger charge is -2.26. The van der Waals surface area contributed by atoms with Crippen molar-refractivity contribution in [3.8, 4) is 0 Å². The predicted octanol–water partition coefficient (Wildman–Crippen LogP) is 0.376. The van der Waals surface area contributed by atoms with Crippen LogP contribution in [0.1, 0.15) is 29.8 Å². The summed E-state index contributed by atoms with van der Waals surface area (Å²) < 4.78 is 15.0. The number of hydrogen-bond acceptors (Lipinski definition) is 4. The largest absolute Gasteiger partial charge is 0.395 e. The monoisotopic (exact) mass is 349 g/mol. The van der Waals surface area contributed by atoms with Crippen LogP contribution in [0, 0.1) is 5.82 Å². The molecule has 1 heterocycles. The molecule has 7 nitrogen and oxygen atoms in total. The van der Waals surface area contributed by atoms with E-state index in [2.05, 4.69) is 5.32 Å². The molecule has 0 saturated carbocycles. The molecule has 2 rings (SSSR count). The molecule has 0 radical (unpaired) electrons. The van der Waals surface area contributed by atoms with E-state index in [9.17, 15) is 18.8 Å². The smallest absolute Gasteiger partial charge is 0.328 e. The van der Waals surface area contributed by atoms with Crippen molar-refractivity contribution in [1.82, 2.24) is 14.9 Å². The lowest BCUT2D eigenvalue weighted by Crippen LogP contribution is -2.41. The first-order chi connectivity index (χ1) is 11.8. The second-order valence-electron chi connectivity index (χ2n) is 6.27. The Balaban J connectivity index is 2.20. The normalized spacial score (nSPS) is 11.4. The van der Waals surface area contributed by atoms with Crippen molar-refractivity contribution >= 4 is 5.91 Å². The molecule has 3 N–H and O–H groups in total. The van der Waals surface area contributed by atoms with E-state index >= 15 is 0 Å². The zero-order valence-electron chi connectivity index (χ0n) is 14.0. The van der Waals surface area contributed by atoms with E-state index in [-0.39, 0.29) is 31.1 Å². The number of aromatic nitrogens is 2. The van der Waals surface area contributed by atoms with Crippen LogP contribution in [0.15, 0.2) is 40.1 Å². The van der Waals surface area contributed by atoms with Crippen LogP contribution < -0.4 is 16.6 Å². The molecule has 0 aliphatic rings. The Kier molecular flexibility index (Phi) is 5.53. The zero-order valence-corrected chi connectivity index (χ0v) is 14.0. The van der Waals surface area contributed by atoms with Gasteiger partial charge >= 0.3 is 5.69 Å². The fourth-order valence-electron chi connectivity index (χ4n) is 2.45. The van der Waals surface area contributed by atoms with Crippen LogP contribution in [-0.2, 0) is 12.0 Å². The van der Waals surface area contributed by atoms with Crippen molar-refractivity contribution in [3.05, 3.63) is 68.2 Å². The summed E-state index contributed by atoms with van der Waals surface area (Å²) in [7, 11) is 0. The molecular formula is C17H20FN3O4. The maximum absolute atomic E-state index is 13.9. The molecule has 8 heteroatoms. The Bertz CT molecular complexity index is 886. The van der Waals surface area contributed by atoms with Crippen molar-refractivity contribution in [1.29, 1.82) is 0 Å². The van der Waals surface area contributed by atoms with Gasteiger partial charge in [-0.05, 0) is 11.6 Å². The van der Waals surface area contributed by atoms with E-state index in [1.807, 2.05) is 4.98 Å². The van der Waals surface area contributed by atoms with E-state index in [1.54, 1.807) is 32.0 Å². The lowest BCUT2D eigenvalue weighted by molar-refractivity contribution is 0.0942. The number of rotatable bonds is 6. The Morgan fingerprint density at radius 1 is 1.32 bits per heavy atom. The molecule has 134 valence electrons. The minimum absolute atomic E-state index is 0.0450. The quantitative estimate of drug-likeness (QED) is 0.701. The molecule has 0 aliphatic carbocycles. The van der Waals surface area contributed by atoms with Gasteiger partial charge in [0.1, 0.15) is 11.4 Å². The van der Waals surface area contributed by atoms with Gasteiger partial charge in [-0.3, -0.25) is 19.1 Å². The number of carbonyl (C=O) groups is 1. The van der Waals surface area contributed by atoms with Gasteiger partial charge in [0.15, 0.2) is 0 Å². The highest BCUT2D eigenvalue weighted by atomic mass is 19.1. The molecule has 0 saturated heterocycles. The molecular weight excluding hydrogens is 329 g/mol. The summed E-state index contributed by atoms with van der Waals surface area (Å²) in [5.74, 6) is -1.06.